The van der Waals surface area contributed by atoms with Crippen molar-refractivity contribution in [1.29, 1.82) is 0 Å². The second-order valence-corrected chi connectivity index (χ2v) is 5.65. The van der Waals surface area contributed by atoms with Crippen LogP contribution in [0.4, 0.5) is 10.5 Å². The fraction of sp³-hybridized carbons (Fsp3) is 0.105. The highest BCUT2D eigenvalue weighted by atomic mass is 16.2. The number of hydrogen-bond donors (Lipinski definition) is 2. The number of amides is 4. The van der Waals surface area contributed by atoms with Gasteiger partial charge in [-0.2, -0.15) is 0 Å². The van der Waals surface area contributed by atoms with Gasteiger partial charge in [0.25, 0.3) is 5.91 Å². The van der Waals surface area contributed by atoms with Crippen molar-refractivity contribution >= 4 is 29.6 Å². The first-order valence-corrected chi connectivity index (χ1v) is 7.79. The highest BCUT2D eigenvalue weighted by Gasteiger charge is 2.34. The number of nitrogens with zero attached hydrogens (tertiary/aromatic N) is 1. The summed E-state index contributed by atoms with van der Waals surface area (Å²) < 4.78 is 0. The van der Waals surface area contributed by atoms with Crippen LogP contribution in [0.3, 0.4) is 0 Å². The molecule has 126 valence electrons. The number of carbonyl (C=O) groups is 3. The number of anilines is 1. The average Bonchev–Trinajstić information content (AvgIpc) is 2.85. The van der Waals surface area contributed by atoms with Crippen LogP contribution in [0.2, 0.25) is 0 Å². The Balaban J connectivity index is 1.71. The maximum atomic E-state index is 12.4. The minimum absolute atomic E-state index is 0.159. The van der Waals surface area contributed by atoms with Crippen molar-refractivity contribution in [2.75, 3.05) is 11.9 Å². The van der Waals surface area contributed by atoms with E-state index < -0.39 is 17.8 Å². The fourth-order valence-electron chi connectivity index (χ4n) is 2.49. The molecule has 2 N–H and O–H groups in total. The Morgan fingerprint density at radius 3 is 2.48 bits per heavy atom. The molecule has 25 heavy (non-hydrogen) atoms. The number of imide groups is 1. The van der Waals surface area contributed by atoms with Gasteiger partial charge in [-0.1, -0.05) is 42.5 Å². The van der Waals surface area contributed by atoms with Crippen molar-refractivity contribution in [3.63, 3.8) is 0 Å². The summed E-state index contributed by atoms with van der Waals surface area (Å²) in [4.78, 5) is 37.4. The van der Waals surface area contributed by atoms with Crippen molar-refractivity contribution in [2.24, 2.45) is 0 Å². The topological polar surface area (TPSA) is 78.5 Å². The number of nitrogens with one attached hydrogen (secondary N) is 2. The first kappa shape index (κ1) is 16.4. The number of benzene rings is 2. The number of carbonyl (C=O) groups excluding carboxylic acids is 3. The van der Waals surface area contributed by atoms with Crippen LogP contribution in [0, 0.1) is 6.92 Å². The lowest BCUT2D eigenvalue weighted by Crippen LogP contribution is -2.38. The van der Waals surface area contributed by atoms with Crippen molar-refractivity contribution < 1.29 is 14.4 Å². The molecule has 1 saturated heterocycles. The van der Waals surface area contributed by atoms with E-state index in [1.165, 1.54) is 0 Å². The molecule has 4 amide bonds. The third-order valence-electron chi connectivity index (χ3n) is 3.81. The quantitative estimate of drug-likeness (QED) is 0.666. The molecule has 1 aliphatic heterocycles. The molecule has 0 unspecified atom stereocenters. The monoisotopic (exact) mass is 335 g/mol. The van der Waals surface area contributed by atoms with E-state index in [1.54, 1.807) is 30.3 Å². The molecule has 2 aromatic rings. The van der Waals surface area contributed by atoms with Gasteiger partial charge in [0.15, 0.2) is 0 Å². The van der Waals surface area contributed by atoms with Gasteiger partial charge in [-0.05, 0) is 36.3 Å². The molecule has 1 heterocycles. The van der Waals surface area contributed by atoms with Crippen LogP contribution in [0.15, 0.2) is 60.3 Å². The van der Waals surface area contributed by atoms with Crippen LogP contribution >= 0.6 is 0 Å². The molecule has 0 saturated carbocycles. The average molecular weight is 335 g/mol. The van der Waals surface area contributed by atoms with Gasteiger partial charge in [-0.3, -0.25) is 9.59 Å². The molecular weight excluding hydrogens is 318 g/mol. The standard InChI is InChI=1S/C19H17N3O3/c1-13-7-5-6-8-14(13)11-16-18(24)22(19(25)21-16)12-17(23)20-15-9-3-2-4-10-15/h2-11H,12H2,1H3,(H,20,23)(H,21,25)/b16-11-. The zero-order valence-electron chi connectivity index (χ0n) is 13.7. The zero-order valence-corrected chi connectivity index (χ0v) is 13.7. The van der Waals surface area contributed by atoms with Gasteiger partial charge < -0.3 is 10.6 Å². The second kappa shape index (κ2) is 7.00. The van der Waals surface area contributed by atoms with E-state index >= 15 is 0 Å². The van der Waals surface area contributed by atoms with Crippen LogP contribution < -0.4 is 10.6 Å². The summed E-state index contributed by atoms with van der Waals surface area (Å²) in [7, 11) is 0. The summed E-state index contributed by atoms with van der Waals surface area (Å²) in [6.07, 6.45) is 1.62. The molecule has 0 radical (unpaired) electrons. The summed E-state index contributed by atoms with van der Waals surface area (Å²) in [6, 6.07) is 15.8. The second-order valence-electron chi connectivity index (χ2n) is 5.65. The molecular formula is C19H17N3O3. The normalized spacial score (nSPS) is 15.4. The van der Waals surface area contributed by atoms with Gasteiger partial charge in [0.2, 0.25) is 5.91 Å². The molecule has 0 spiro atoms. The summed E-state index contributed by atoms with van der Waals surface area (Å²) in [5, 5.41) is 5.17. The number of rotatable bonds is 4. The van der Waals surface area contributed by atoms with E-state index in [0.717, 1.165) is 16.0 Å². The number of para-hydroxylation sites is 1. The van der Waals surface area contributed by atoms with Crippen LogP contribution in [0.25, 0.3) is 6.08 Å². The maximum Gasteiger partial charge on any atom is 0.329 e. The van der Waals surface area contributed by atoms with Gasteiger partial charge in [0.05, 0.1) is 0 Å². The fourth-order valence-corrected chi connectivity index (χ4v) is 2.49. The van der Waals surface area contributed by atoms with Gasteiger partial charge in [-0.25, -0.2) is 9.69 Å². The summed E-state index contributed by atoms with van der Waals surface area (Å²) in [6.45, 7) is 1.57. The van der Waals surface area contributed by atoms with E-state index in [0.29, 0.717) is 5.69 Å². The Labute approximate surface area is 145 Å². The third-order valence-corrected chi connectivity index (χ3v) is 3.81. The van der Waals surface area contributed by atoms with Gasteiger partial charge >= 0.3 is 6.03 Å². The summed E-state index contributed by atoms with van der Waals surface area (Å²) in [5.41, 5.74) is 2.58. The van der Waals surface area contributed by atoms with Crippen LogP contribution in [-0.4, -0.2) is 29.3 Å². The molecule has 0 bridgehead atoms. The van der Waals surface area contributed by atoms with E-state index in [2.05, 4.69) is 10.6 Å². The third kappa shape index (κ3) is 3.74. The molecule has 0 atom stereocenters. The van der Waals surface area contributed by atoms with Crippen LogP contribution in [-0.2, 0) is 9.59 Å². The van der Waals surface area contributed by atoms with E-state index in [9.17, 15) is 14.4 Å². The minimum atomic E-state index is -0.604. The predicted molar refractivity (Wildman–Crippen MR) is 94.5 cm³/mol. The molecule has 1 aliphatic rings. The predicted octanol–water partition coefficient (Wildman–Crippen LogP) is 2.53. The molecule has 1 fully saturated rings. The van der Waals surface area contributed by atoms with Gasteiger partial charge in [0.1, 0.15) is 12.2 Å². The minimum Gasteiger partial charge on any atom is -0.325 e. The van der Waals surface area contributed by atoms with Crippen LogP contribution in [0.1, 0.15) is 11.1 Å². The van der Waals surface area contributed by atoms with Gasteiger partial charge in [-0.15, -0.1) is 0 Å². The van der Waals surface area contributed by atoms with E-state index in [4.69, 9.17) is 0 Å². The Morgan fingerprint density at radius 1 is 1.08 bits per heavy atom. The highest BCUT2D eigenvalue weighted by molar-refractivity contribution is 6.16. The summed E-state index contributed by atoms with van der Waals surface area (Å²) in [5.74, 6) is -0.955. The van der Waals surface area contributed by atoms with Crippen LogP contribution in [0.5, 0.6) is 0 Å². The largest absolute Gasteiger partial charge is 0.329 e. The van der Waals surface area contributed by atoms with Crippen molar-refractivity contribution in [1.82, 2.24) is 10.2 Å². The SMILES string of the molecule is Cc1ccccc1/C=C1\NC(=O)N(CC(=O)Nc2ccccc2)C1=O. The first-order valence-electron chi connectivity index (χ1n) is 7.79. The summed E-state index contributed by atoms with van der Waals surface area (Å²) >= 11 is 0. The van der Waals surface area contributed by atoms with E-state index in [-0.39, 0.29) is 12.2 Å². The number of hydrogen-bond acceptors (Lipinski definition) is 3. The number of urea groups is 1. The molecule has 3 rings (SSSR count). The lowest BCUT2D eigenvalue weighted by atomic mass is 10.1. The van der Waals surface area contributed by atoms with E-state index in [1.807, 2.05) is 37.3 Å². The molecule has 6 nitrogen and oxygen atoms in total. The van der Waals surface area contributed by atoms with Gasteiger partial charge in [0, 0.05) is 5.69 Å². The van der Waals surface area contributed by atoms with Crippen molar-refractivity contribution in [3.8, 4) is 0 Å². The highest BCUT2D eigenvalue weighted by Crippen LogP contribution is 2.16. The Hall–Kier alpha value is -3.41. The Kier molecular flexibility index (Phi) is 4.61. The number of aryl methyl sites for hydroxylation is 1. The molecule has 6 heteroatoms. The molecule has 0 aromatic heterocycles. The first-order chi connectivity index (χ1) is 12.0. The maximum absolute atomic E-state index is 12.4. The lowest BCUT2D eigenvalue weighted by molar-refractivity contribution is -0.127. The van der Waals surface area contributed by atoms with Crippen molar-refractivity contribution in [3.05, 3.63) is 71.4 Å². The molecule has 0 aliphatic carbocycles. The molecule has 2 aromatic carbocycles. The Bertz CT molecular complexity index is 859. The Morgan fingerprint density at radius 2 is 1.76 bits per heavy atom. The zero-order chi connectivity index (χ0) is 17.8. The smallest absolute Gasteiger partial charge is 0.325 e. The lowest BCUT2D eigenvalue weighted by Gasteiger charge is -2.11. The van der Waals surface area contributed by atoms with Crippen molar-refractivity contribution in [2.45, 2.75) is 6.92 Å².